The van der Waals surface area contributed by atoms with Crippen molar-refractivity contribution in [2.75, 3.05) is 13.2 Å². The van der Waals surface area contributed by atoms with Crippen LogP contribution in [0.25, 0.3) is 0 Å². The fraction of sp³-hybridized carbons (Fsp3) is 0.969. The van der Waals surface area contributed by atoms with Crippen molar-refractivity contribution in [2.45, 2.75) is 484 Å². The average molecular weight is 1620 g/mol. The van der Waals surface area contributed by atoms with Crippen molar-refractivity contribution in [3.05, 3.63) is 0 Å². The largest absolute Gasteiger partial charge is 0.463 e. The zero-order chi connectivity index (χ0) is 76.7. The van der Waals surface area contributed by atoms with Crippen molar-refractivity contribution < 1.29 is 86.4 Å². The van der Waals surface area contributed by atoms with Crippen LogP contribution < -0.4 is 0 Å². The third-order valence-electron chi connectivity index (χ3n) is 30.8. The number of hydrogen-bond acceptors (Lipinski definition) is 9. The molecule has 10 saturated carbocycles. The molecule has 0 heterocycles. The lowest BCUT2D eigenvalue weighted by Gasteiger charge is -2.43. The van der Waals surface area contributed by atoms with Gasteiger partial charge in [0, 0.05) is 7.13 Å². The molecule has 0 amide bonds. The Hall–Kier alpha value is -2.05. The quantitative estimate of drug-likeness (QED) is 0.0186. The maximum Gasteiger partial charge on any atom is 0.309 e. The number of halogens is 2. The first-order valence-corrected chi connectivity index (χ1v) is 48.5. The van der Waals surface area contributed by atoms with Gasteiger partial charge in [-0.15, -0.1) is 0 Å². The molecule has 10 fully saturated rings. The first-order chi connectivity index (χ1) is 52.7. The lowest BCUT2D eigenvalue weighted by Crippen LogP contribution is -2.45. The fourth-order valence-electron chi connectivity index (χ4n) is 23.1. The van der Waals surface area contributed by atoms with E-state index in [1.54, 1.807) is 0 Å². The van der Waals surface area contributed by atoms with E-state index in [-0.39, 0.29) is 101 Å². The standard InChI is InChI=1S/C44H78O4.C29H52F2O.C24H42O4.5H2O.5H2/c1-3-5-8-12-34-16-22-37(23-17-34)39-26-20-36(21-27-39)32-47-48-43(41-14-10-7-11-15-41)33-46-44(45)42-30-28-40(29-31-42)38-24-18-35(19-25-38)13-9-6-4-2;1-4-6-7-8-10-21(3)32-29-27(30)19-26(20-28(29)31)25-17-15-24(16-18-25)23-13-11-22(9-5-2)12-14-23;1-4-6-7-8-9-19-10-12-20(13-11-19)24(26)28-22-16-14-21(15-17-22)23(25)27-18(3)5-2;;;;;;;;;;/h34-43H,3-33H2,1-2H3;21-29H,4-20H2,1-3H3;18-22H,4-17H2,1-3H3;5*1H2;5*1H. The van der Waals surface area contributed by atoms with Gasteiger partial charge in [-0.25, -0.2) is 18.6 Å². The van der Waals surface area contributed by atoms with E-state index in [1.807, 2.05) is 20.8 Å². The normalized spacial score (nSPS) is 33.1. The topological polar surface area (TPSA) is 264 Å². The number of rotatable bonds is 39. The van der Waals surface area contributed by atoms with Gasteiger partial charge in [-0.1, -0.05) is 221 Å². The highest BCUT2D eigenvalue weighted by Gasteiger charge is 2.45. The minimum atomic E-state index is -1.13. The molecule has 0 aromatic rings. The molecular formula is C97H192F2O14. The van der Waals surface area contributed by atoms with Crippen LogP contribution in [0.4, 0.5) is 8.78 Å². The SMILES string of the molecule is CCCCCC1CCC(C2CCC(COOC(COC(=O)C3CCC(C4CCC(CCCCC)CC4)CC3)C3CCCCC3)CC2)CC1.CCCCCCC(C)OC1C(F)CC(C2CCC(C3CCC(CCC)CC3)CC2)CC1F.CCCCCCC1CCC(C(=O)OC2CCC(C(=O)OC(C)CC)CC2)CC1.O.O.O.O.O.[HH].[HH].[HH].[HH].[HH]. The van der Waals surface area contributed by atoms with Crippen molar-refractivity contribution >= 4 is 17.9 Å². The van der Waals surface area contributed by atoms with Gasteiger partial charge in [-0.3, -0.25) is 14.4 Å². The molecule has 0 spiro atoms. The van der Waals surface area contributed by atoms with E-state index in [1.165, 1.54) is 302 Å². The Morgan fingerprint density at radius 1 is 0.363 bits per heavy atom. The van der Waals surface area contributed by atoms with E-state index in [0.29, 0.717) is 43.8 Å². The zero-order valence-corrected chi connectivity index (χ0v) is 74.1. The molecule has 0 aromatic heterocycles. The maximum absolute atomic E-state index is 15.0. The molecular weight excluding hydrogens is 1430 g/mol. The Balaban J connectivity index is -0.00000168. The molecule has 113 heavy (non-hydrogen) atoms. The van der Waals surface area contributed by atoms with Gasteiger partial charge in [0.25, 0.3) is 0 Å². The summed E-state index contributed by atoms with van der Waals surface area (Å²) in [7, 11) is 0. The monoisotopic (exact) mass is 1620 g/mol. The number of ether oxygens (including phenoxy) is 4. The molecule has 5 unspecified atom stereocenters. The predicted molar refractivity (Wildman–Crippen MR) is 470 cm³/mol. The number of carbonyl (C=O) groups excluding carboxylic acids is 3. The molecule has 0 saturated heterocycles. The van der Waals surface area contributed by atoms with Gasteiger partial charge in [-0.05, 0) is 302 Å². The number of esters is 3. The molecule has 10 aliphatic carbocycles. The van der Waals surface area contributed by atoms with Crippen molar-refractivity contribution in [2.24, 2.45) is 101 Å². The van der Waals surface area contributed by atoms with Crippen LogP contribution >= 0.6 is 0 Å². The van der Waals surface area contributed by atoms with Gasteiger partial charge in [-0.2, -0.15) is 0 Å². The third-order valence-corrected chi connectivity index (χ3v) is 30.8. The van der Waals surface area contributed by atoms with Gasteiger partial charge in [0.1, 0.15) is 37.3 Å². The molecule has 10 rings (SSSR count). The predicted octanol–water partition coefficient (Wildman–Crippen LogP) is 25.4. The Morgan fingerprint density at radius 2 is 0.726 bits per heavy atom. The highest BCUT2D eigenvalue weighted by Crippen LogP contribution is 2.49. The number of carbonyl (C=O) groups is 3. The van der Waals surface area contributed by atoms with Crippen LogP contribution in [0.2, 0.25) is 0 Å². The second-order valence-electron chi connectivity index (χ2n) is 38.8. The number of alkyl halides is 2. The second kappa shape index (κ2) is 60.4. The Bertz CT molecular complexity index is 2320. The zero-order valence-electron chi connectivity index (χ0n) is 74.1. The molecule has 0 bridgehead atoms. The molecule has 14 nitrogen and oxygen atoms in total. The minimum absolute atomic E-state index is 0. The highest BCUT2D eigenvalue weighted by atomic mass is 19.1. The van der Waals surface area contributed by atoms with Crippen molar-refractivity contribution in [3.8, 4) is 0 Å². The van der Waals surface area contributed by atoms with E-state index in [9.17, 15) is 14.4 Å². The summed E-state index contributed by atoms with van der Waals surface area (Å²) in [4.78, 5) is 50.2. The summed E-state index contributed by atoms with van der Waals surface area (Å²) in [6.45, 7) is 18.4. The fourth-order valence-corrected chi connectivity index (χ4v) is 23.1. The molecule has 16 heteroatoms. The molecule has 5 atom stereocenters. The summed E-state index contributed by atoms with van der Waals surface area (Å²) in [6.07, 6.45) is 70.9. The van der Waals surface area contributed by atoms with E-state index >= 15 is 8.78 Å². The molecule has 10 N–H and O–H groups in total. The van der Waals surface area contributed by atoms with Crippen LogP contribution in [0.15, 0.2) is 0 Å². The van der Waals surface area contributed by atoms with Crippen LogP contribution in [0.3, 0.4) is 0 Å². The van der Waals surface area contributed by atoms with Crippen LogP contribution in [0.5, 0.6) is 0 Å². The Labute approximate surface area is 698 Å². The van der Waals surface area contributed by atoms with Crippen LogP contribution in [-0.2, 0) is 43.1 Å². The van der Waals surface area contributed by atoms with Gasteiger partial charge in [0.15, 0.2) is 0 Å². The smallest absolute Gasteiger partial charge is 0.309 e. The second-order valence-corrected chi connectivity index (χ2v) is 38.8. The molecule has 0 radical (unpaired) electrons. The Morgan fingerprint density at radius 3 is 1.18 bits per heavy atom. The first kappa shape index (κ1) is 105. The van der Waals surface area contributed by atoms with Crippen LogP contribution in [0, 0.1) is 101 Å². The average Bonchev–Trinajstić information content (AvgIpc) is 0.803. The number of unbranched alkanes of at least 4 members (excludes halogenated alkanes) is 10. The third kappa shape index (κ3) is 37.9. The number of hydrogen-bond donors (Lipinski definition) is 0. The summed E-state index contributed by atoms with van der Waals surface area (Å²) < 4.78 is 53.2. The van der Waals surface area contributed by atoms with Gasteiger partial charge >= 0.3 is 17.9 Å². The van der Waals surface area contributed by atoms with Crippen molar-refractivity contribution in [3.63, 3.8) is 0 Å². The molecule has 678 valence electrons. The summed E-state index contributed by atoms with van der Waals surface area (Å²) in [5.74, 6) is 11.2. The van der Waals surface area contributed by atoms with Gasteiger partial charge in [0.2, 0.25) is 0 Å². The van der Waals surface area contributed by atoms with Crippen LogP contribution in [0.1, 0.15) is 448 Å². The molecule has 0 aliphatic heterocycles. The molecule has 0 aromatic carbocycles. The van der Waals surface area contributed by atoms with Crippen molar-refractivity contribution in [1.29, 1.82) is 0 Å². The Kier molecular flexibility index (Phi) is 56.2. The first-order valence-electron chi connectivity index (χ1n) is 48.5. The lowest BCUT2D eigenvalue weighted by atomic mass is 9.65. The summed E-state index contributed by atoms with van der Waals surface area (Å²) in [6, 6.07) is 0. The summed E-state index contributed by atoms with van der Waals surface area (Å²) >= 11 is 0. The van der Waals surface area contributed by atoms with Gasteiger partial charge in [0.05, 0.1) is 36.6 Å². The van der Waals surface area contributed by atoms with Gasteiger partial charge < -0.3 is 46.3 Å². The van der Waals surface area contributed by atoms with E-state index in [4.69, 9.17) is 28.7 Å². The summed E-state index contributed by atoms with van der Waals surface area (Å²) in [5, 5.41) is 0. The summed E-state index contributed by atoms with van der Waals surface area (Å²) in [5.41, 5.74) is 0. The van der Waals surface area contributed by atoms with E-state index in [0.717, 1.165) is 130 Å². The van der Waals surface area contributed by atoms with E-state index < -0.39 is 18.4 Å². The van der Waals surface area contributed by atoms with Crippen LogP contribution in [-0.4, -0.2) is 101 Å². The van der Waals surface area contributed by atoms with Crippen molar-refractivity contribution in [1.82, 2.24) is 0 Å². The molecule has 10 aliphatic rings. The lowest BCUT2D eigenvalue weighted by molar-refractivity contribution is -0.346. The maximum atomic E-state index is 15.0. The highest BCUT2D eigenvalue weighted by molar-refractivity contribution is 5.74. The van der Waals surface area contributed by atoms with E-state index in [2.05, 4.69) is 34.6 Å². The minimum Gasteiger partial charge on any atom is -0.463 e.